The second kappa shape index (κ2) is 6.56. The van der Waals surface area contributed by atoms with Crippen LogP contribution in [-0.2, 0) is 11.3 Å². The molecule has 1 amide bonds. The van der Waals surface area contributed by atoms with E-state index in [4.69, 9.17) is 11.6 Å². The molecule has 108 valence electrons. The minimum Gasteiger partial charge on any atom is -0.354 e. The second-order valence-electron chi connectivity index (χ2n) is 4.74. The van der Waals surface area contributed by atoms with E-state index in [9.17, 15) is 4.79 Å². The molecule has 2 rings (SSSR count). The molecular weight excluding hydrogens is 278 g/mol. The summed E-state index contributed by atoms with van der Waals surface area (Å²) in [5, 5.41) is 11.7. The molecule has 1 atom stereocenters. The van der Waals surface area contributed by atoms with Crippen molar-refractivity contribution in [2.75, 3.05) is 6.54 Å². The average molecular weight is 296 g/mol. The fraction of sp³-hybridized carbons (Fsp3) is 0.462. The van der Waals surface area contributed by atoms with Gasteiger partial charge >= 0.3 is 0 Å². The van der Waals surface area contributed by atoms with Crippen molar-refractivity contribution in [1.82, 2.24) is 24.9 Å². The van der Waals surface area contributed by atoms with E-state index in [-0.39, 0.29) is 11.9 Å². The number of amides is 1. The van der Waals surface area contributed by atoms with Crippen LogP contribution in [0.25, 0.3) is 0 Å². The van der Waals surface area contributed by atoms with Gasteiger partial charge in [0.05, 0.1) is 17.4 Å². The Bertz CT molecular complexity index is 577. The van der Waals surface area contributed by atoms with Crippen LogP contribution in [0.3, 0.4) is 0 Å². The molecule has 0 aliphatic carbocycles. The summed E-state index contributed by atoms with van der Waals surface area (Å²) in [4.78, 5) is 12.0. The van der Waals surface area contributed by atoms with E-state index < -0.39 is 0 Å². The van der Waals surface area contributed by atoms with Crippen molar-refractivity contribution in [2.24, 2.45) is 0 Å². The molecule has 0 radical (unpaired) electrons. The van der Waals surface area contributed by atoms with E-state index in [1.165, 1.54) is 0 Å². The summed E-state index contributed by atoms with van der Waals surface area (Å²) in [5.41, 5.74) is 1.04. The molecule has 0 bridgehead atoms. The standard InChI is InChI=1S/C13H18ClN5O/c1-10-6-17-19(8-10)11(2)13(20)15-4-3-5-18-9-12(14)7-16-18/h6-9,11H,3-5H2,1-2H3,(H,15,20). The van der Waals surface area contributed by atoms with Gasteiger partial charge in [0.1, 0.15) is 6.04 Å². The number of hydrogen-bond acceptors (Lipinski definition) is 3. The minimum absolute atomic E-state index is 0.0356. The molecule has 1 unspecified atom stereocenters. The van der Waals surface area contributed by atoms with Crippen LogP contribution in [0.4, 0.5) is 0 Å². The summed E-state index contributed by atoms with van der Waals surface area (Å²) >= 11 is 5.77. The third kappa shape index (κ3) is 3.84. The molecule has 2 aromatic rings. The topological polar surface area (TPSA) is 64.7 Å². The van der Waals surface area contributed by atoms with Crippen LogP contribution >= 0.6 is 11.6 Å². The van der Waals surface area contributed by atoms with Crippen LogP contribution in [0.15, 0.2) is 24.8 Å². The first kappa shape index (κ1) is 14.6. The summed E-state index contributed by atoms with van der Waals surface area (Å²) in [7, 11) is 0. The fourth-order valence-corrected chi connectivity index (χ4v) is 1.98. The van der Waals surface area contributed by atoms with Crippen molar-refractivity contribution in [3.8, 4) is 0 Å². The third-order valence-electron chi connectivity index (χ3n) is 2.97. The van der Waals surface area contributed by atoms with E-state index in [1.54, 1.807) is 28.0 Å². The Kier molecular flexibility index (Phi) is 4.79. The summed E-state index contributed by atoms with van der Waals surface area (Å²) < 4.78 is 3.42. The predicted molar refractivity (Wildman–Crippen MR) is 76.5 cm³/mol. The van der Waals surface area contributed by atoms with Crippen LogP contribution in [0.5, 0.6) is 0 Å². The van der Waals surface area contributed by atoms with E-state index in [0.717, 1.165) is 18.5 Å². The zero-order chi connectivity index (χ0) is 14.5. The Morgan fingerprint density at radius 1 is 1.40 bits per heavy atom. The maximum Gasteiger partial charge on any atom is 0.244 e. The van der Waals surface area contributed by atoms with Crippen LogP contribution in [0.1, 0.15) is 24.9 Å². The summed E-state index contributed by atoms with van der Waals surface area (Å²) in [5.74, 6) is -0.0356. The predicted octanol–water partition coefficient (Wildman–Crippen LogP) is 1.81. The van der Waals surface area contributed by atoms with Gasteiger partial charge < -0.3 is 5.32 Å². The first-order valence-corrected chi connectivity index (χ1v) is 6.90. The highest BCUT2D eigenvalue weighted by atomic mass is 35.5. The Labute approximate surface area is 122 Å². The molecule has 0 aromatic carbocycles. The molecule has 0 aliphatic rings. The van der Waals surface area contributed by atoms with Crippen molar-refractivity contribution >= 4 is 17.5 Å². The maximum absolute atomic E-state index is 12.0. The van der Waals surface area contributed by atoms with Crippen molar-refractivity contribution < 1.29 is 4.79 Å². The highest BCUT2D eigenvalue weighted by Gasteiger charge is 2.14. The van der Waals surface area contributed by atoms with Gasteiger partial charge in [0, 0.05) is 25.5 Å². The summed E-state index contributed by atoms with van der Waals surface area (Å²) in [6.45, 7) is 5.10. The highest BCUT2D eigenvalue weighted by Crippen LogP contribution is 2.06. The highest BCUT2D eigenvalue weighted by molar-refractivity contribution is 6.30. The molecule has 1 N–H and O–H groups in total. The lowest BCUT2D eigenvalue weighted by molar-refractivity contribution is -0.124. The van der Waals surface area contributed by atoms with Gasteiger partial charge in [-0.3, -0.25) is 14.2 Å². The number of rotatable bonds is 6. The van der Waals surface area contributed by atoms with Gasteiger partial charge in [-0.25, -0.2) is 0 Å². The van der Waals surface area contributed by atoms with E-state index in [1.807, 2.05) is 20.0 Å². The Balaban J connectivity index is 1.72. The molecule has 7 heteroatoms. The largest absolute Gasteiger partial charge is 0.354 e. The van der Waals surface area contributed by atoms with Gasteiger partial charge in [0.2, 0.25) is 5.91 Å². The van der Waals surface area contributed by atoms with Crippen molar-refractivity contribution in [3.05, 3.63) is 35.4 Å². The van der Waals surface area contributed by atoms with Crippen LogP contribution < -0.4 is 5.32 Å². The van der Waals surface area contributed by atoms with Crippen molar-refractivity contribution in [3.63, 3.8) is 0 Å². The molecule has 0 spiro atoms. The molecule has 20 heavy (non-hydrogen) atoms. The molecule has 2 aromatic heterocycles. The molecule has 0 saturated carbocycles. The Morgan fingerprint density at radius 2 is 2.20 bits per heavy atom. The normalized spacial score (nSPS) is 12.3. The monoisotopic (exact) mass is 295 g/mol. The maximum atomic E-state index is 12.0. The SMILES string of the molecule is Cc1cnn(C(C)C(=O)NCCCn2cc(Cl)cn2)c1. The molecule has 6 nitrogen and oxygen atoms in total. The molecule has 0 aliphatic heterocycles. The number of carbonyl (C=O) groups excluding carboxylic acids is 1. The number of hydrogen-bond donors (Lipinski definition) is 1. The lowest BCUT2D eigenvalue weighted by atomic mass is 10.3. The van der Waals surface area contributed by atoms with E-state index >= 15 is 0 Å². The lowest BCUT2D eigenvalue weighted by Crippen LogP contribution is -2.32. The van der Waals surface area contributed by atoms with Crippen LogP contribution in [0.2, 0.25) is 5.02 Å². The number of aryl methyl sites for hydroxylation is 2. The first-order chi connectivity index (χ1) is 9.56. The second-order valence-corrected chi connectivity index (χ2v) is 5.18. The van der Waals surface area contributed by atoms with Gasteiger partial charge in [-0.05, 0) is 25.8 Å². The molecule has 0 saturated heterocycles. The number of halogens is 1. The fourth-order valence-electron chi connectivity index (χ4n) is 1.83. The van der Waals surface area contributed by atoms with Gasteiger partial charge in [0.15, 0.2) is 0 Å². The van der Waals surface area contributed by atoms with Crippen molar-refractivity contribution in [1.29, 1.82) is 0 Å². The Hall–Kier alpha value is -1.82. The molecule has 2 heterocycles. The number of aromatic nitrogens is 4. The van der Waals surface area contributed by atoms with Crippen LogP contribution in [-0.4, -0.2) is 32.0 Å². The number of nitrogens with zero attached hydrogens (tertiary/aromatic N) is 4. The van der Waals surface area contributed by atoms with Gasteiger partial charge in [-0.1, -0.05) is 11.6 Å². The first-order valence-electron chi connectivity index (χ1n) is 6.52. The zero-order valence-corrected chi connectivity index (χ0v) is 12.3. The quantitative estimate of drug-likeness (QED) is 0.827. The summed E-state index contributed by atoms with van der Waals surface area (Å²) in [6, 6.07) is -0.303. The van der Waals surface area contributed by atoms with Gasteiger partial charge in [0.25, 0.3) is 0 Å². The smallest absolute Gasteiger partial charge is 0.244 e. The average Bonchev–Trinajstić information content (AvgIpc) is 3.02. The lowest BCUT2D eigenvalue weighted by Gasteiger charge is -2.12. The van der Waals surface area contributed by atoms with Gasteiger partial charge in [-0.15, -0.1) is 0 Å². The zero-order valence-electron chi connectivity index (χ0n) is 11.6. The van der Waals surface area contributed by atoms with E-state index in [2.05, 4.69) is 15.5 Å². The number of nitrogens with one attached hydrogen (secondary N) is 1. The van der Waals surface area contributed by atoms with Crippen LogP contribution in [0, 0.1) is 6.92 Å². The summed E-state index contributed by atoms with van der Waals surface area (Å²) in [6.07, 6.45) is 7.76. The van der Waals surface area contributed by atoms with Gasteiger partial charge in [-0.2, -0.15) is 10.2 Å². The van der Waals surface area contributed by atoms with Crippen molar-refractivity contribution in [2.45, 2.75) is 32.9 Å². The van der Waals surface area contributed by atoms with E-state index in [0.29, 0.717) is 11.6 Å². The molecular formula is C13H18ClN5O. The minimum atomic E-state index is -0.303. The Morgan fingerprint density at radius 3 is 2.80 bits per heavy atom. The third-order valence-corrected chi connectivity index (χ3v) is 3.17. The number of carbonyl (C=O) groups is 1. The molecule has 0 fully saturated rings.